The Morgan fingerprint density at radius 1 is 0.933 bits per heavy atom. The lowest BCUT2D eigenvalue weighted by molar-refractivity contribution is 0.121. The summed E-state index contributed by atoms with van der Waals surface area (Å²) in [6.07, 6.45) is 0. The van der Waals surface area contributed by atoms with E-state index >= 15 is 0 Å². The maximum absolute atomic E-state index is 5.17. The Kier molecular flexibility index (Phi) is 4.20. The molecule has 2 N–H and O–H groups in total. The maximum atomic E-state index is 5.17. The van der Waals surface area contributed by atoms with Gasteiger partial charge in [0.15, 0.2) is 11.5 Å². The van der Waals surface area contributed by atoms with Gasteiger partial charge in [0.25, 0.3) is 0 Å². The molecule has 1 aromatic carbocycles. The highest BCUT2D eigenvalue weighted by Crippen LogP contribution is 2.34. The number of ether oxygens (including phenoxy) is 3. The lowest BCUT2D eigenvalue weighted by Gasteiger charge is -2.13. The van der Waals surface area contributed by atoms with Gasteiger partial charge in [-0.2, -0.15) is 0 Å². The summed E-state index contributed by atoms with van der Waals surface area (Å²) in [7, 11) is 4.70. The predicted molar refractivity (Wildman–Crippen MR) is 55.1 cm³/mol. The van der Waals surface area contributed by atoms with Crippen molar-refractivity contribution in [1.29, 1.82) is 0 Å². The first-order valence-electron chi connectivity index (χ1n) is 4.37. The van der Waals surface area contributed by atoms with Gasteiger partial charge in [0.2, 0.25) is 0 Å². The molecule has 0 aliphatic carbocycles. The normalized spacial score (nSPS) is 9.87. The summed E-state index contributed by atoms with van der Waals surface area (Å²) >= 11 is 0. The van der Waals surface area contributed by atoms with Crippen LogP contribution >= 0.6 is 0 Å². The molecule has 0 radical (unpaired) electrons. The number of benzene rings is 1. The topological polar surface area (TPSA) is 62.9 Å². The molecular formula is C10H15NO4. The van der Waals surface area contributed by atoms with Crippen LogP contribution in [0.3, 0.4) is 0 Å². The van der Waals surface area contributed by atoms with Gasteiger partial charge in [0.1, 0.15) is 5.75 Å². The minimum Gasteiger partial charge on any atom is -0.496 e. The number of hydrogen-bond acceptors (Lipinski definition) is 5. The molecule has 0 atom stereocenters. The van der Waals surface area contributed by atoms with Gasteiger partial charge in [-0.05, 0) is 6.07 Å². The van der Waals surface area contributed by atoms with E-state index < -0.39 is 0 Å². The smallest absolute Gasteiger partial charge is 0.164 e. The Balaban J connectivity index is 3.15. The first-order valence-corrected chi connectivity index (χ1v) is 4.37. The molecule has 0 heterocycles. The monoisotopic (exact) mass is 213 g/mol. The summed E-state index contributed by atoms with van der Waals surface area (Å²) in [6.45, 7) is 0.253. The molecule has 15 heavy (non-hydrogen) atoms. The maximum Gasteiger partial charge on any atom is 0.164 e. The van der Waals surface area contributed by atoms with E-state index in [1.54, 1.807) is 33.5 Å². The fourth-order valence-corrected chi connectivity index (χ4v) is 1.30. The predicted octanol–water partition coefficient (Wildman–Crippen LogP) is 1.10. The standard InChI is InChI=1S/C10H15NO4/c1-12-8-5-10(14-3)9(13-2)4-7(8)6-15-11/h4-5H,6,11H2,1-3H3. The largest absolute Gasteiger partial charge is 0.496 e. The molecule has 0 aliphatic rings. The Hall–Kier alpha value is -1.46. The van der Waals surface area contributed by atoms with Crippen molar-refractivity contribution in [2.24, 2.45) is 5.90 Å². The van der Waals surface area contributed by atoms with Gasteiger partial charge >= 0.3 is 0 Å². The van der Waals surface area contributed by atoms with Gasteiger partial charge in [-0.25, -0.2) is 5.90 Å². The van der Waals surface area contributed by atoms with Gasteiger partial charge in [-0.1, -0.05) is 0 Å². The van der Waals surface area contributed by atoms with Gasteiger partial charge in [-0.15, -0.1) is 0 Å². The number of methoxy groups -OCH3 is 3. The molecule has 0 saturated carbocycles. The van der Waals surface area contributed by atoms with Crippen LogP contribution in [0.5, 0.6) is 17.2 Å². The second kappa shape index (κ2) is 5.43. The third-order valence-corrected chi connectivity index (χ3v) is 2.03. The molecule has 0 aromatic heterocycles. The lowest BCUT2D eigenvalue weighted by atomic mass is 10.2. The van der Waals surface area contributed by atoms with Gasteiger partial charge < -0.3 is 14.2 Å². The first-order chi connectivity index (χ1) is 7.26. The molecule has 1 aromatic rings. The third kappa shape index (κ3) is 2.51. The van der Waals surface area contributed by atoms with Gasteiger partial charge in [-0.3, -0.25) is 4.84 Å². The first kappa shape index (κ1) is 11.6. The summed E-state index contributed by atoms with van der Waals surface area (Å²) < 4.78 is 15.4. The Labute approximate surface area is 88.6 Å². The lowest BCUT2D eigenvalue weighted by Crippen LogP contribution is -2.02. The molecule has 84 valence electrons. The second-order valence-corrected chi connectivity index (χ2v) is 2.83. The van der Waals surface area contributed by atoms with Crippen molar-refractivity contribution in [3.8, 4) is 17.2 Å². The summed E-state index contributed by atoms with van der Waals surface area (Å²) in [5.74, 6) is 6.89. The van der Waals surface area contributed by atoms with E-state index in [4.69, 9.17) is 20.1 Å². The molecule has 1 rings (SSSR count). The summed E-state index contributed by atoms with van der Waals surface area (Å²) in [4.78, 5) is 4.57. The molecule has 0 amide bonds. The van der Waals surface area contributed by atoms with Gasteiger partial charge in [0, 0.05) is 11.6 Å². The van der Waals surface area contributed by atoms with Crippen LogP contribution in [0.2, 0.25) is 0 Å². The van der Waals surface area contributed by atoms with E-state index in [1.165, 1.54) is 0 Å². The van der Waals surface area contributed by atoms with Crippen molar-refractivity contribution in [2.45, 2.75) is 6.61 Å². The number of nitrogens with two attached hydrogens (primary N) is 1. The molecule has 0 aliphatic heterocycles. The van der Waals surface area contributed by atoms with E-state index in [0.29, 0.717) is 17.2 Å². The SMILES string of the molecule is COc1cc(OC)c(OC)cc1CON. The molecule has 0 spiro atoms. The fourth-order valence-electron chi connectivity index (χ4n) is 1.30. The Morgan fingerprint density at radius 3 is 1.93 bits per heavy atom. The van der Waals surface area contributed by atoms with Crippen molar-refractivity contribution in [1.82, 2.24) is 0 Å². The van der Waals surface area contributed by atoms with Crippen LogP contribution in [0.1, 0.15) is 5.56 Å². The quantitative estimate of drug-likeness (QED) is 0.742. The van der Waals surface area contributed by atoms with Crippen molar-refractivity contribution >= 4 is 0 Å². The van der Waals surface area contributed by atoms with Crippen molar-refractivity contribution in [3.05, 3.63) is 17.7 Å². The average Bonchev–Trinajstić information content (AvgIpc) is 2.28. The Morgan fingerprint density at radius 2 is 1.47 bits per heavy atom. The molecular weight excluding hydrogens is 198 g/mol. The summed E-state index contributed by atoms with van der Waals surface area (Å²) in [5.41, 5.74) is 0.803. The fraction of sp³-hybridized carbons (Fsp3) is 0.400. The van der Waals surface area contributed by atoms with Crippen LogP contribution in [0, 0.1) is 0 Å². The minimum atomic E-state index is 0.253. The zero-order valence-electron chi connectivity index (χ0n) is 9.07. The zero-order chi connectivity index (χ0) is 11.3. The van der Waals surface area contributed by atoms with Crippen LogP contribution in [-0.2, 0) is 11.4 Å². The van der Waals surface area contributed by atoms with Crippen molar-refractivity contribution in [3.63, 3.8) is 0 Å². The highest BCUT2D eigenvalue weighted by molar-refractivity contribution is 5.50. The molecule has 5 heteroatoms. The zero-order valence-corrected chi connectivity index (χ0v) is 9.07. The van der Waals surface area contributed by atoms with Crippen molar-refractivity contribution < 1.29 is 19.0 Å². The summed E-state index contributed by atoms with van der Waals surface area (Å²) in [6, 6.07) is 3.50. The summed E-state index contributed by atoms with van der Waals surface area (Å²) in [5, 5.41) is 0. The highest BCUT2D eigenvalue weighted by Gasteiger charge is 2.11. The van der Waals surface area contributed by atoms with E-state index in [2.05, 4.69) is 4.84 Å². The molecule has 0 bridgehead atoms. The third-order valence-electron chi connectivity index (χ3n) is 2.03. The highest BCUT2D eigenvalue weighted by atomic mass is 16.6. The number of rotatable bonds is 5. The molecule has 5 nitrogen and oxygen atoms in total. The van der Waals surface area contributed by atoms with Crippen molar-refractivity contribution in [2.75, 3.05) is 21.3 Å². The molecule has 0 saturated heterocycles. The van der Waals surface area contributed by atoms with E-state index in [-0.39, 0.29) is 6.61 Å². The van der Waals surface area contributed by atoms with E-state index in [1.807, 2.05) is 0 Å². The van der Waals surface area contributed by atoms with Crippen LogP contribution in [-0.4, -0.2) is 21.3 Å². The van der Waals surface area contributed by atoms with Gasteiger partial charge in [0.05, 0.1) is 27.9 Å². The average molecular weight is 213 g/mol. The van der Waals surface area contributed by atoms with Crippen LogP contribution in [0.15, 0.2) is 12.1 Å². The Bertz CT molecular complexity index is 327. The van der Waals surface area contributed by atoms with E-state index in [9.17, 15) is 0 Å². The van der Waals surface area contributed by atoms with Crippen LogP contribution < -0.4 is 20.1 Å². The van der Waals surface area contributed by atoms with Crippen LogP contribution in [0.4, 0.5) is 0 Å². The van der Waals surface area contributed by atoms with E-state index in [0.717, 1.165) is 5.56 Å². The van der Waals surface area contributed by atoms with Crippen LogP contribution in [0.25, 0.3) is 0 Å². The second-order valence-electron chi connectivity index (χ2n) is 2.83. The number of hydrogen-bond donors (Lipinski definition) is 1. The molecule has 0 unspecified atom stereocenters. The molecule has 0 fully saturated rings. The minimum absolute atomic E-state index is 0.253.